The van der Waals surface area contributed by atoms with Crippen molar-refractivity contribution in [2.75, 3.05) is 13.1 Å². The Bertz CT molecular complexity index is 383. The second-order valence-corrected chi connectivity index (χ2v) is 4.44. The first-order chi connectivity index (χ1) is 8.13. The van der Waals surface area contributed by atoms with Crippen molar-refractivity contribution in [1.82, 2.24) is 5.32 Å². The molecule has 0 amide bonds. The van der Waals surface area contributed by atoms with Gasteiger partial charge < -0.3 is 5.32 Å². The van der Waals surface area contributed by atoms with Crippen LogP contribution in [-0.4, -0.2) is 13.1 Å². The highest BCUT2D eigenvalue weighted by Gasteiger charge is 2.01. The molecule has 0 radical (unpaired) electrons. The van der Waals surface area contributed by atoms with E-state index in [1.54, 1.807) is 6.07 Å². The molecule has 0 aliphatic carbocycles. The van der Waals surface area contributed by atoms with E-state index >= 15 is 0 Å². The van der Waals surface area contributed by atoms with Crippen LogP contribution in [0.1, 0.15) is 31.4 Å². The third-order valence-corrected chi connectivity index (χ3v) is 2.84. The van der Waals surface area contributed by atoms with Crippen molar-refractivity contribution in [3.63, 3.8) is 0 Å². The number of nitrogens with one attached hydrogen (secondary N) is 1. The van der Waals surface area contributed by atoms with E-state index in [9.17, 15) is 4.39 Å². The lowest BCUT2D eigenvalue weighted by Gasteiger charge is -2.06. The molecule has 1 nitrogen and oxygen atoms in total. The van der Waals surface area contributed by atoms with E-state index in [-0.39, 0.29) is 5.82 Å². The highest BCUT2D eigenvalue weighted by molar-refractivity contribution is 5.30. The SMILES string of the molecule is CCNCC/C=C(/C)Cc1cc(F)ccc1C. The summed E-state index contributed by atoms with van der Waals surface area (Å²) in [5.41, 5.74) is 3.55. The molecule has 1 aromatic rings. The first kappa shape index (κ1) is 13.9. The van der Waals surface area contributed by atoms with Crippen LogP contribution in [0.15, 0.2) is 29.8 Å². The molecular formula is C15H22FN. The molecule has 94 valence electrons. The first-order valence-corrected chi connectivity index (χ1v) is 6.25. The van der Waals surface area contributed by atoms with Crippen LogP contribution in [0.3, 0.4) is 0 Å². The highest BCUT2D eigenvalue weighted by Crippen LogP contribution is 2.14. The Morgan fingerprint density at radius 2 is 2.18 bits per heavy atom. The smallest absolute Gasteiger partial charge is 0.123 e. The zero-order valence-electron chi connectivity index (χ0n) is 11.0. The lowest BCUT2D eigenvalue weighted by molar-refractivity contribution is 0.625. The van der Waals surface area contributed by atoms with Gasteiger partial charge in [-0.15, -0.1) is 0 Å². The number of hydrogen-bond donors (Lipinski definition) is 1. The largest absolute Gasteiger partial charge is 0.317 e. The van der Waals surface area contributed by atoms with E-state index < -0.39 is 0 Å². The van der Waals surface area contributed by atoms with Crippen molar-refractivity contribution in [3.05, 3.63) is 46.8 Å². The van der Waals surface area contributed by atoms with Crippen LogP contribution in [0, 0.1) is 12.7 Å². The molecule has 0 bridgehead atoms. The summed E-state index contributed by atoms with van der Waals surface area (Å²) in [5, 5.41) is 3.28. The lowest BCUT2D eigenvalue weighted by atomic mass is 10.0. The summed E-state index contributed by atoms with van der Waals surface area (Å²) in [6.45, 7) is 8.26. The van der Waals surface area contributed by atoms with Gasteiger partial charge in [-0.05, 0) is 63.0 Å². The van der Waals surface area contributed by atoms with Crippen molar-refractivity contribution in [1.29, 1.82) is 0 Å². The van der Waals surface area contributed by atoms with Crippen molar-refractivity contribution in [2.24, 2.45) is 0 Å². The quantitative estimate of drug-likeness (QED) is 0.586. The van der Waals surface area contributed by atoms with E-state index in [0.717, 1.165) is 37.1 Å². The Labute approximate surface area is 104 Å². The third kappa shape index (κ3) is 5.14. The van der Waals surface area contributed by atoms with Gasteiger partial charge in [0.25, 0.3) is 0 Å². The minimum absolute atomic E-state index is 0.147. The summed E-state index contributed by atoms with van der Waals surface area (Å²) in [4.78, 5) is 0. The summed E-state index contributed by atoms with van der Waals surface area (Å²) in [5.74, 6) is -0.147. The molecule has 0 fully saturated rings. The summed E-state index contributed by atoms with van der Waals surface area (Å²) in [6.07, 6.45) is 4.11. The summed E-state index contributed by atoms with van der Waals surface area (Å²) in [7, 11) is 0. The number of rotatable bonds is 6. The molecule has 0 aliphatic rings. The molecule has 0 spiro atoms. The zero-order chi connectivity index (χ0) is 12.7. The second kappa shape index (κ2) is 7.23. The van der Waals surface area contributed by atoms with Crippen LogP contribution >= 0.6 is 0 Å². The van der Waals surface area contributed by atoms with E-state index in [1.807, 2.05) is 13.0 Å². The Balaban J connectivity index is 2.55. The van der Waals surface area contributed by atoms with Crippen molar-refractivity contribution in [2.45, 2.75) is 33.6 Å². The van der Waals surface area contributed by atoms with E-state index in [2.05, 4.69) is 25.2 Å². The maximum absolute atomic E-state index is 13.1. The van der Waals surface area contributed by atoms with Crippen LogP contribution < -0.4 is 5.32 Å². The van der Waals surface area contributed by atoms with Crippen molar-refractivity contribution in [3.8, 4) is 0 Å². The zero-order valence-corrected chi connectivity index (χ0v) is 11.0. The second-order valence-electron chi connectivity index (χ2n) is 4.44. The van der Waals surface area contributed by atoms with Crippen LogP contribution in [-0.2, 0) is 6.42 Å². The molecule has 0 saturated carbocycles. The molecule has 1 aromatic carbocycles. The summed E-state index contributed by atoms with van der Waals surface area (Å²) < 4.78 is 13.1. The van der Waals surface area contributed by atoms with Gasteiger partial charge >= 0.3 is 0 Å². The molecule has 0 aliphatic heterocycles. The third-order valence-electron chi connectivity index (χ3n) is 2.84. The summed E-state index contributed by atoms with van der Waals surface area (Å²) in [6, 6.07) is 5.00. The van der Waals surface area contributed by atoms with Gasteiger partial charge in [-0.25, -0.2) is 4.39 Å². The van der Waals surface area contributed by atoms with Gasteiger partial charge in [-0.1, -0.05) is 24.6 Å². The van der Waals surface area contributed by atoms with Crippen LogP contribution in [0.25, 0.3) is 0 Å². The molecule has 0 aromatic heterocycles. The molecule has 1 rings (SSSR count). The fourth-order valence-corrected chi connectivity index (χ4v) is 1.80. The molecule has 0 saturated heterocycles. The molecule has 1 N–H and O–H groups in total. The van der Waals surface area contributed by atoms with Crippen LogP contribution in [0.5, 0.6) is 0 Å². The average Bonchev–Trinajstić information content (AvgIpc) is 2.29. The Morgan fingerprint density at radius 1 is 1.41 bits per heavy atom. The van der Waals surface area contributed by atoms with Crippen LogP contribution in [0.4, 0.5) is 4.39 Å². The maximum atomic E-state index is 13.1. The Kier molecular flexibility index (Phi) is 5.92. The first-order valence-electron chi connectivity index (χ1n) is 6.25. The average molecular weight is 235 g/mol. The van der Waals surface area contributed by atoms with Crippen LogP contribution in [0.2, 0.25) is 0 Å². The fraction of sp³-hybridized carbons (Fsp3) is 0.467. The predicted molar refractivity (Wildman–Crippen MR) is 71.8 cm³/mol. The normalized spacial score (nSPS) is 11.9. The molecule has 17 heavy (non-hydrogen) atoms. The van der Waals surface area contributed by atoms with Gasteiger partial charge in [-0.3, -0.25) is 0 Å². The van der Waals surface area contributed by atoms with Crippen molar-refractivity contribution >= 4 is 0 Å². The number of allylic oxidation sites excluding steroid dienone is 1. The van der Waals surface area contributed by atoms with E-state index in [4.69, 9.17) is 0 Å². The highest BCUT2D eigenvalue weighted by atomic mass is 19.1. The Morgan fingerprint density at radius 3 is 2.88 bits per heavy atom. The number of hydrogen-bond acceptors (Lipinski definition) is 1. The Hall–Kier alpha value is -1.15. The number of halogens is 1. The van der Waals surface area contributed by atoms with Gasteiger partial charge in [0.05, 0.1) is 0 Å². The maximum Gasteiger partial charge on any atom is 0.123 e. The van der Waals surface area contributed by atoms with Gasteiger partial charge in [0.2, 0.25) is 0 Å². The van der Waals surface area contributed by atoms with Crippen molar-refractivity contribution < 1.29 is 4.39 Å². The molecule has 0 heterocycles. The molecular weight excluding hydrogens is 213 g/mol. The minimum Gasteiger partial charge on any atom is -0.317 e. The molecule has 0 unspecified atom stereocenters. The van der Waals surface area contributed by atoms with E-state index in [1.165, 1.54) is 11.6 Å². The lowest BCUT2D eigenvalue weighted by Crippen LogP contribution is -2.13. The predicted octanol–water partition coefficient (Wildman–Crippen LogP) is 3.62. The monoisotopic (exact) mass is 235 g/mol. The summed E-state index contributed by atoms with van der Waals surface area (Å²) >= 11 is 0. The molecule has 0 atom stereocenters. The number of benzene rings is 1. The van der Waals surface area contributed by atoms with Gasteiger partial charge in [0.1, 0.15) is 5.82 Å². The topological polar surface area (TPSA) is 12.0 Å². The van der Waals surface area contributed by atoms with Gasteiger partial charge in [0, 0.05) is 0 Å². The minimum atomic E-state index is -0.147. The molecule has 2 heteroatoms. The number of aryl methyl sites for hydroxylation is 1. The van der Waals surface area contributed by atoms with E-state index in [0.29, 0.717) is 0 Å². The van der Waals surface area contributed by atoms with Gasteiger partial charge in [0.15, 0.2) is 0 Å². The standard InChI is InChI=1S/C15H22FN/c1-4-17-9-5-6-12(2)10-14-11-15(16)8-7-13(14)3/h6-8,11,17H,4-5,9-10H2,1-3H3/b12-6-. The van der Waals surface area contributed by atoms with Gasteiger partial charge in [-0.2, -0.15) is 0 Å². The fourth-order valence-electron chi connectivity index (χ4n) is 1.80.